The van der Waals surface area contributed by atoms with E-state index in [1.165, 1.54) is 37.7 Å². The average molecular weight is 435 g/mol. The smallest absolute Gasteiger partial charge is 0.0579 e. The number of rotatable bonds is 2. The first-order valence-electron chi connectivity index (χ1n) is 13.5. The van der Waals surface area contributed by atoms with E-state index in [0.717, 1.165) is 18.3 Å². The molecule has 0 amide bonds. The van der Waals surface area contributed by atoms with Crippen LogP contribution < -0.4 is 0 Å². The molecule has 1 heteroatoms. The van der Waals surface area contributed by atoms with Crippen LogP contribution in [0.2, 0.25) is 0 Å². The summed E-state index contributed by atoms with van der Waals surface area (Å²) in [5.74, 6) is 3.78. The zero-order valence-corrected chi connectivity index (χ0v) is 21.6. The van der Waals surface area contributed by atoms with E-state index >= 15 is 0 Å². The van der Waals surface area contributed by atoms with Gasteiger partial charge in [-0.3, -0.25) is 0 Å². The van der Waals surface area contributed by atoms with E-state index in [4.69, 9.17) is 0 Å². The van der Waals surface area contributed by atoms with Crippen LogP contribution in [0, 0.1) is 52.8 Å². The molecular formula is C31H46O. The molecule has 0 spiro atoms. The Balaban J connectivity index is 1.59. The maximum absolute atomic E-state index is 11.2. The molecule has 4 aliphatic carbocycles. The Morgan fingerprint density at radius 1 is 0.938 bits per heavy atom. The van der Waals surface area contributed by atoms with Crippen molar-refractivity contribution in [1.82, 2.24) is 0 Å². The first-order chi connectivity index (χ1) is 15.0. The highest BCUT2D eigenvalue weighted by Gasteiger charge is 2.63. The quantitative estimate of drug-likeness (QED) is 0.469. The normalized spacial score (nSPS) is 45.1. The number of allylic oxidation sites excluding steroid dienone is 2. The van der Waals surface area contributed by atoms with E-state index < -0.39 is 0 Å². The van der Waals surface area contributed by atoms with Crippen LogP contribution in [0.4, 0.5) is 0 Å². The molecule has 0 aliphatic heterocycles. The SMILES string of the molecule is Cc1ccc(C2CCC(C)(C)C3=CC[C@H]4[C@@H]5C[C@H](O)[C@H](C(C)C)[C@@]5(C)CC[C@@H]4[C@]32C)cc1. The highest BCUT2D eigenvalue weighted by atomic mass is 16.3. The van der Waals surface area contributed by atoms with Crippen LogP contribution in [0.25, 0.3) is 0 Å². The van der Waals surface area contributed by atoms with Crippen molar-refractivity contribution in [1.29, 1.82) is 0 Å². The maximum Gasteiger partial charge on any atom is 0.0579 e. The van der Waals surface area contributed by atoms with E-state index in [9.17, 15) is 5.11 Å². The molecule has 1 N–H and O–H groups in total. The van der Waals surface area contributed by atoms with Gasteiger partial charge < -0.3 is 5.11 Å². The lowest BCUT2D eigenvalue weighted by Gasteiger charge is -2.63. The first kappa shape index (κ1) is 22.7. The summed E-state index contributed by atoms with van der Waals surface area (Å²) >= 11 is 0. The van der Waals surface area contributed by atoms with Crippen LogP contribution in [-0.2, 0) is 0 Å². The van der Waals surface area contributed by atoms with E-state index in [-0.39, 0.29) is 11.5 Å². The Morgan fingerprint density at radius 2 is 1.62 bits per heavy atom. The predicted molar refractivity (Wildman–Crippen MR) is 135 cm³/mol. The van der Waals surface area contributed by atoms with Gasteiger partial charge >= 0.3 is 0 Å². The Morgan fingerprint density at radius 3 is 2.28 bits per heavy atom. The fourth-order valence-corrected chi connectivity index (χ4v) is 9.99. The van der Waals surface area contributed by atoms with Crippen LogP contribution >= 0.6 is 0 Å². The molecule has 1 aromatic carbocycles. The third-order valence-corrected chi connectivity index (χ3v) is 11.2. The van der Waals surface area contributed by atoms with Crippen LogP contribution in [0.1, 0.15) is 97.1 Å². The van der Waals surface area contributed by atoms with Crippen molar-refractivity contribution in [2.75, 3.05) is 0 Å². The minimum Gasteiger partial charge on any atom is -0.393 e. The average Bonchev–Trinajstić information content (AvgIpc) is 2.99. The molecule has 0 saturated heterocycles. The van der Waals surface area contributed by atoms with Gasteiger partial charge in [0, 0.05) is 0 Å². The van der Waals surface area contributed by atoms with Crippen molar-refractivity contribution in [2.45, 2.75) is 99.0 Å². The second-order valence-electron chi connectivity index (χ2n) is 13.5. The molecule has 0 heterocycles. The van der Waals surface area contributed by atoms with Gasteiger partial charge in [0.15, 0.2) is 0 Å². The lowest BCUT2D eigenvalue weighted by Crippen LogP contribution is -2.54. The molecule has 8 atom stereocenters. The highest BCUT2D eigenvalue weighted by molar-refractivity contribution is 5.38. The fraction of sp³-hybridized carbons (Fsp3) is 0.742. The zero-order chi connectivity index (χ0) is 23.1. The number of benzene rings is 1. The summed E-state index contributed by atoms with van der Waals surface area (Å²) in [4.78, 5) is 0. The fourth-order valence-electron chi connectivity index (χ4n) is 9.99. The number of hydrogen-bond acceptors (Lipinski definition) is 1. The third kappa shape index (κ3) is 3.05. The van der Waals surface area contributed by atoms with E-state index in [1.807, 2.05) is 0 Å². The second-order valence-corrected chi connectivity index (χ2v) is 13.5. The molecule has 176 valence electrons. The first-order valence-corrected chi connectivity index (χ1v) is 13.5. The minimum absolute atomic E-state index is 0.113. The summed E-state index contributed by atoms with van der Waals surface area (Å²) in [6, 6.07) is 9.49. The summed E-state index contributed by atoms with van der Waals surface area (Å²) in [5, 5.41) is 11.2. The van der Waals surface area contributed by atoms with Crippen molar-refractivity contribution in [3.05, 3.63) is 47.0 Å². The van der Waals surface area contributed by atoms with Gasteiger partial charge in [0.2, 0.25) is 0 Å². The summed E-state index contributed by atoms with van der Waals surface area (Å²) < 4.78 is 0. The van der Waals surface area contributed by atoms with Crippen LogP contribution in [0.3, 0.4) is 0 Å². The van der Waals surface area contributed by atoms with Crippen molar-refractivity contribution in [2.24, 2.45) is 45.8 Å². The molecule has 3 fully saturated rings. The molecule has 1 unspecified atom stereocenters. The van der Waals surface area contributed by atoms with Crippen molar-refractivity contribution < 1.29 is 5.11 Å². The van der Waals surface area contributed by atoms with Gasteiger partial charge in [0.1, 0.15) is 0 Å². The summed E-state index contributed by atoms with van der Waals surface area (Å²) in [6.45, 7) is 17.1. The topological polar surface area (TPSA) is 20.2 Å². The molecule has 0 bridgehead atoms. The van der Waals surface area contributed by atoms with Crippen molar-refractivity contribution in [3.8, 4) is 0 Å². The van der Waals surface area contributed by atoms with Gasteiger partial charge in [0.25, 0.3) is 0 Å². The molecule has 3 saturated carbocycles. The number of aliphatic hydroxyl groups excluding tert-OH is 1. The molecule has 0 aromatic heterocycles. The van der Waals surface area contributed by atoms with Crippen molar-refractivity contribution in [3.63, 3.8) is 0 Å². The Bertz CT molecular complexity index is 892. The summed E-state index contributed by atoms with van der Waals surface area (Å²) in [7, 11) is 0. The van der Waals surface area contributed by atoms with Crippen LogP contribution in [0.15, 0.2) is 35.9 Å². The second kappa shape index (κ2) is 7.46. The molecule has 0 radical (unpaired) electrons. The third-order valence-electron chi connectivity index (χ3n) is 11.2. The van der Waals surface area contributed by atoms with E-state index in [0.29, 0.717) is 34.5 Å². The van der Waals surface area contributed by atoms with E-state index in [2.05, 4.69) is 78.8 Å². The standard InChI is InChI=1S/C31H46O/c1-19(2)28-26(32)18-25-22-12-13-27-29(4,5)16-14-23(21-10-8-20(3)9-11-21)31(27,7)24(22)15-17-30(25,28)6/h8-11,13,19,22-26,28,32H,12,14-18H2,1-7H3/t22-,23?,24+,25+,26+,28+,30+,31-/m1/s1. The molecule has 32 heavy (non-hydrogen) atoms. The number of fused-ring (bicyclic) bond motifs is 5. The Kier molecular flexibility index (Phi) is 5.29. The van der Waals surface area contributed by atoms with Gasteiger partial charge in [-0.1, -0.05) is 83.0 Å². The molecule has 5 rings (SSSR count). The number of aliphatic hydroxyl groups is 1. The van der Waals surface area contributed by atoms with Gasteiger partial charge in [-0.15, -0.1) is 0 Å². The van der Waals surface area contributed by atoms with Crippen molar-refractivity contribution >= 4 is 0 Å². The lowest BCUT2D eigenvalue weighted by atomic mass is 9.41. The molecule has 4 aliphatic rings. The van der Waals surface area contributed by atoms with Gasteiger partial charge in [-0.25, -0.2) is 0 Å². The van der Waals surface area contributed by atoms with Gasteiger partial charge in [-0.05, 0) is 103 Å². The highest BCUT2D eigenvalue weighted by Crippen LogP contribution is 2.71. The zero-order valence-electron chi connectivity index (χ0n) is 21.6. The molecule has 1 aromatic rings. The van der Waals surface area contributed by atoms with Crippen LogP contribution in [0.5, 0.6) is 0 Å². The van der Waals surface area contributed by atoms with Crippen LogP contribution in [-0.4, -0.2) is 11.2 Å². The van der Waals surface area contributed by atoms with Gasteiger partial charge in [0.05, 0.1) is 6.10 Å². The molecular weight excluding hydrogens is 388 g/mol. The lowest BCUT2D eigenvalue weighted by molar-refractivity contribution is -0.0673. The largest absolute Gasteiger partial charge is 0.393 e. The Labute approximate surface area is 197 Å². The van der Waals surface area contributed by atoms with Gasteiger partial charge in [-0.2, -0.15) is 0 Å². The number of aryl methyl sites for hydroxylation is 1. The summed E-state index contributed by atoms with van der Waals surface area (Å²) in [5.41, 5.74) is 5.52. The monoisotopic (exact) mass is 434 g/mol. The number of hydrogen-bond donors (Lipinski definition) is 1. The molecule has 1 nitrogen and oxygen atoms in total. The van der Waals surface area contributed by atoms with E-state index in [1.54, 1.807) is 11.1 Å². The summed E-state index contributed by atoms with van der Waals surface area (Å²) in [6.07, 6.45) is 10.1. The Hall–Kier alpha value is -1.08. The maximum atomic E-state index is 11.2. The predicted octanol–water partition coefficient (Wildman–Crippen LogP) is 7.92. The minimum atomic E-state index is -0.113.